The van der Waals surface area contributed by atoms with E-state index in [0.29, 0.717) is 12.2 Å². The molecule has 1 saturated carbocycles. The highest BCUT2D eigenvalue weighted by Crippen LogP contribution is 2.46. The standard InChI is InChI=1S/C14H15FN2O.C4H4O4/c15-11-7-10-1-6-18-13(10)12(8-11)17-5-4-16-9-14(17)2-3-14;5-3(6)1-2-4(7)8/h1,6-8,16H,2-5,9H2;1-2H,(H,5,6)(H,7,8)/b;2-1+. The van der Waals surface area contributed by atoms with Gasteiger partial charge >= 0.3 is 11.9 Å². The molecule has 1 aliphatic heterocycles. The van der Waals surface area contributed by atoms with Crippen molar-refractivity contribution >= 4 is 28.6 Å². The van der Waals surface area contributed by atoms with Crippen molar-refractivity contribution in [2.24, 2.45) is 0 Å². The molecule has 138 valence electrons. The number of anilines is 1. The summed E-state index contributed by atoms with van der Waals surface area (Å²) in [6.07, 6.45) is 5.11. The van der Waals surface area contributed by atoms with Gasteiger partial charge in [-0.05, 0) is 25.0 Å². The third kappa shape index (κ3) is 3.85. The number of furan rings is 1. The van der Waals surface area contributed by atoms with Crippen LogP contribution in [0.1, 0.15) is 12.8 Å². The fraction of sp³-hybridized carbons (Fsp3) is 0.333. The predicted molar refractivity (Wildman–Crippen MR) is 92.8 cm³/mol. The molecule has 2 fully saturated rings. The van der Waals surface area contributed by atoms with Crippen molar-refractivity contribution in [2.75, 3.05) is 24.5 Å². The van der Waals surface area contributed by atoms with Crippen molar-refractivity contribution in [3.8, 4) is 0 Å². The first kappa shape index (κ1) is 17.9. The van der Waals surface area contributed by atoms with Gasteiger partial charge in [0.05, 0.1) is 17.5 Å². The Morgan fingerprint density at radius 1 is 1.23 bits per heavy atom. The highest BCUT2D eigenvalue weighted by molar-refractivity contribution is 5.90. The Bertz CT molecular complexity index is 840. The van der Waals surface area contributed by atoms with Crippen molar-refractivity contribution in [2.45, 2.75) is 18.4 Å². The van der Waals surface area contributed by atoms with Crippen LogP contribution in [0.25, 0.3) is 11.0 Å². The first-order valence-electron chi connectivity index (χ1n) is 8.20. The van der Waals surface area contributed by atoms with Crippen LogP contribution in [0.15, 0.2) is 41.0 Å². The molecule has 1 aliphatic carbocycles. The van der Waals surface area contributed by atoms with Crippen LogP contribution >= 0.6 is 0 Å². The Morgan fingerprint density at radius 2 is 1.92 bits per heavy atom. The van der Waals surface area contributed by atoms with E-state index in [9.17, 15) is 14.0 Å². The van der Waals surface area contributed by atoms with Crippen LogP contribution in [-0.4, -0.2) is 47.3 Å². The van der Waals surface area contributed by atoms with Gasteiger partial charge in [-0.25, -0.2) is 14.0 Å². The Morgan fingerprint density at radius 3 is 2.54 bits per heavy atom. The van der Waals surface area contributed by atoms with Crippen LogP contribution in [0.2, 0.25) is 0 Å². The maximum Gasteiger partial charge on any atom is 0.328 e. The van der Waals surface area contributed by atoms with E-state index >= 15 is 0 Å². The van der Waals surface area contributed by atoms with Gasteiger partial charge in [-0.15, -0.1) is 0 Å². The van der Waals surface area contributed by atoms with Crippen LogP contribution in [0.5, 0.6) is 0 Å². The molecule has 1 saturated heterocycles. The van der Waals surface area contributed by atoms with Gasteiger partial charge in [-0.2, -0.15) is 0 Å². The summed E-state index contributed by atoms with van der Waals surface area (Å²) in [5.74, 6) is -2.70. The minimum Gasteiger partial charge on any atom is -0.478 e. The number of benzene rings is 1. The average molecular weight is 362 g/mol. The molecule has 0 radical (unpaired) electrons. The monoisotopic (exact) mass is 362 g/mol. The third-order valence-corrected chi connectivity index (χ3v) is 4.52. The predicted octanol–water partition coefficient (Wildman–Crippen LogP) is 2.23. The summed E-state index contributed by atoms with van der Waals surface area (Å²) in [5, 5.41) is 19.9. The molecule has 3 N–H and O–H groups in total. The lowest BCUT2D eigenvalue weighted by Crippen LogP contribution is -2.53. The van der Waals surface area contributed by atoms with Crippen LogP contribution in [0.4, 0.5) is 10.1 Å². The second-order valence-corrected chi connectivity index (χ2v) is 6.33. The zero-order chi connectivity index (χ0) is 18.7. The lowest BCUT2D eigenvalue weighted by atomic mass is 10.1. The van der Waals surface area contributed by atoms with Crippen molar-refractivity contribution in [3.05, 3.63) is 42.4 Å². The SMILES string of the molecule is Fc1cc(N2CCNCC23CC3)c2occc2c1.O=C(O)/C=C/C(=O)O. The Hall–Kier alpha value is -2.87. The van der Waals surface area contributed by atoms with Gasteiger partial charge in [0.2, 0.25) is 0 Å². The topological polar surface area (TPSA) is 103 Å². The molecule has 7 nitrogen and oxygen atoms in total. The van der Waals surface area contributed by atoms with Gasteiger partial charge in [0.1, 0.15) is 5.82 Å². The summed E-state index contributed by atoms with van der Waals surface area (Å²) in [7, 11) is 0. The molecule has 1 spiro atoms. The highest BCUT2D eigenvalue weighted by Gasteiger charge is 2.49. The van der Waals surface area contributed by atoms with Gasteiger partial charge in [0.15, 0.2) is 5.58 Å². The lowest BCUT2D eigenvalue weighted by Gasteiger charge is -2.38. The van der Waals surface area contributed by atoms with Crippen molar-refractivity contribution in [1.29, 1.82) is 0 Å². The maximum atomic E-state index is 13.7. The van der Waals surface area contributed by atoms with E-state index in [-0.39, 0.29) is 11.4 Å². The van der Waals surface area contributed by atoms with Gasteiger partial charge in [0, 0.05) is 43.2 Å². The molecule has 26 heavy (non-hydrogen) atoms. The van der Waals surface area contributed by atoms with Crippen molar-refractivity contribution in [1.82, 2.24) is 5.32 Å². The largest absolute Gasteiger partial charge is 0.478 e. The van der Waals surface area contributed by atoms with E-state index < -0.39 is 11.9 Å². The van der Waals surface area contributed by atoms with E-state index in [2.05, 4.69) is 10.2 Å². The fourth-order valence-electron chi connectivity index (χ4n) is 3.18. The summed E-state index contributed by atoms with van der Waals surface area (Å²) in [5.41, 5.74) is 1.92. The summed E-state index contributed by atoms with van der Waals surface area (Å²) < 4.78 is 19.3. The zero-order valence-electron chi connectivity index (χ0n) is 13.9. The number of fused-ring (bicyclic) bond motifs is 1. The smallest absolute Gasteiger partial charge is 0.328 e. The fourth-order valence-corrected chi connectivity index (χ4v) is 3.18. The van der Waals surface area contributed by atoms with Crippen LogP contribution in [0, 0.1) is 5.82 Å². The second-order valence-electron chi connectivity index (χ2n) is 6.33. The molecule has 0 bridgehead atoms. The Balaban J connectivity index is 0.000000211. The van der Waals surface area contributed by atoms with E-state index in [4.69, 9.17) is 14.6 Å². The number of hydrogen-bond donors (Lipinski definition) is 3. The molecule has 2 aliphatic rings. The molecule has 4 rings (SSSR count). The van der Waals surface area contributed by atoms with Crippen LogP contribution in [-0.2, 0) is 9.59 Å². The lowest BCUT2D eigenvalue weighted by molar-refractivity contribution is -0.134. The number of carboxylic acid groups (broad SMARTS) is 2. The molecular formula is C18H19FN2O5. The molecule has 2 heterocycles. The average Bonchev–Trinajstić information content (AvgIpc) is 3.18. The zero-order valence-corrected chi connectivity index (χ0v) is 13.9. The van der Waals surface area contributed by atoms with E-state index in [0.717, 1.165) is 36.3 Å². The third-order valence-electron chi connectivity index (χ3n) is 4.52. The molecule has 0 atom stereocenters. The molecule has 8 heteroatoms. The number of halogens is 1. The van der Waals surface area contributed by atoms with Crippen molar-refractivity contribution in [3.63, 3.8) is 0 Å². The Kier molecular flexibility index (Phi) is 4.94. The maximum absolute atomic E-state index is 13.7. The quantitative estimate of drug-likeness (QED) is 0.720. The Labute approximate surface area is 148 Å². The molecule has 2 aromatic rings. The summed E-state index contributed by atoms with van der Waals surface area (Å²) in [6.45, 7) is 2.85. The normalized spacial score (nSPS) is 18.0. The minimum atomic E-state index is -1.26. The summed E-state index contributed by atoms with van der Waals surface area (Å²) in [4.78, 5) is 21.4. The number of nitrogens with one attached hydrogen (secondary N) is 1. The van der Waals surface area contributed by atoms with Crippen LogP contribution < -0.4 is 10.2 Å². The van der Waals surface area contributed by atoms with E-state index in [1.54, 1.807) is 12.3 Å². The molecule has 0 amide bonds. The van der Waals surface area contributed by atoms with Crippen molar-refractivity contribution < 1.29 is 28.6 Å². The first-order valence-corrected chi connectivity index (χ1v) is 8.20. The number of piperazine rings is 1. The number of nitrogens with zero attached hydrogens (tertiary/aromatic N) is 1. The number of carbonyl (C=O) groups is 2. The molecule has 0 unspecified atom stereocenters. The first-order chi connectivity index (χ1) is 12.4. The van der Waals surface area contributed by atoms with Crippen LogP contribution in [0.3, 0.4) is 0 Å². The molecular weight excluding hydrogens is 343 g/mol. The summed E-state index contributed by atoms with van der Waals surface area (Å²) in [6, 6.07) is 4.96. The second kappa shape index (κ2) is 7.17. The van der Waals surface area contributed by atoms with Gasteiger partial charge < -0.3 is 24.8 Å². The van der Waals surface area contributed by atoms with E-state index in [1.807, 2.05) is 6.07 Å². The van der Waals surface area contributed by atoms with E-state index in [1.165, 1.54) is 18.9 Å². The minimum absolute atomic E-state index is 0.187. The van der Waals surface area contributed by atoms with Gasteiger partial charge in [-0.1, -0.05) is 0 Å². The van der Waals surface area contributed by atoms with Gasteiger partial charge in [0.25, 0.3) is 0 Å². The number of hydrogen-bond acceptors (Lipinski definition) is 5. The molecule has 1 aromatic heterocycles. The van der Waals surface area contributed by atoms with Gasteiger partial charge in [-0.3, -0.25) is 0 Å². The number of carboxylic acids is 2. The molecule has 1 aromatic carbocycles. The number of aliphatic carboxylic acids is 2. The number of rotatable bonds is 3. The summed E-state index contributed by atoms with van der Waals surface area (Å²) >= 11 is 0. The highest BCUT2D eigenvalue weighted by atomic mass is 19.1.